The first-order chi connectivity index (χ1) is 10.6. The van der Waals surface area contributed by atoms with Crippen molar-refractivity contribution in [1.82, 2.24) is 15.1 Å². The molecule has 2 aromatic rings. The number of carbonyl (C=O) groups is 1. The maximum absolute atomic E-state index is 12.6. The fraction of sp³-hybridized carbons (Fsp3) is 0.375. The van der Waals surface area contributed by atoms with Crippen molar-refractivity contribution in [2.45, 2.75) is 25.7 Å². The van der Waals surface area contributed by atoms with Gasteiger partial charge >= 0.3 is 0 Å². The molecule has 0 bridgehead atoms. The number of halogens is 1. The van der Waals surface area contributed by atoms with Crippen molar-refractivity contribution in [3.63, 3.8) is 0 Å². The van der Waals surface area contributed by atoms with Crippen molar-refractivity contribution in [3.8, 4) is 0 Å². The van der Waals surface area contributed by atoms with Crippen LogP contribution in [-0.2, 0) is 0 Å². The predicted octanol–water partition coefficient (Wildman–Crippen LogP) is 2.97. The van der Waals surface area contributed by atoms with Gasteiger partial charge in [0, 0.05) is 19.0 Å². The van der Waals surface area contributed by atoms with Crippen molar-refractivity contribution in [3.05, 3.63) is 46.1 Å². The molecular weight excluding hydrogens is 300 g/mol. The summed E-state index contributed by atoms with van der Waals surface area (Å²) in [6.45, 7) is 3.54. The van der Waals surface area contributed by atoms with Crippen LogP contribution < -0.4 is 5.73 Å². The van der Waals surface area contributed by atoms with Crippen molar-refractivity contribution < 1.29 is 4.79 Å². The summed E-state index contributed by atoms with van der Waals surface area (Å²) < 4.78 is 0. The Bertz CT molecular complexity index is 697. The number of hydrogen-bond donors (Lipinski definition) is 2. The van der Waals surface area contributed by atoms with Gasteiger partial charge in [0.1, 0.15) is 10.7 Å². The summed E-state index contributed by atoms with van der Waals surface area (Å²) in [5.41, 5.74) is 8.47. The van der Waals surface area contributed by atoms with E-state index in [1.54, 1.807) is 0 Å². The van der Waals surface area contributed by atoms with E-state index in [0.29, 0.717) is 12.5 Å². The first-order valence-corrected chi connectivity index (χ1v) is 7.80. The number of amides is 1. The minimum atomic E-state index is -0.132. The first-order valence-electron chi connectivity index (χ1n) is 7.42. The Morgan fingerprint density at radius 2 is 2.23 bits per heavy atom. The van der Waals surface area contributed by atoms with Crippen LogP contribution in [-0.4, -0.2) is 34.1 Å². The smallest absolute Gasteiger partial charge is 0.273 e. The molecule has 3 rings (SSSR count). The van der Waals surface area contributed by atoms with E-state index < -0.39 is 0 Å². The standard InChI is InChI=1S/C16H19ClN4O/c1-10-5-2-3-7-12(10)11-6-4-8-21(9-11)16(22)14-13(17)15(18)20-19-14/h2-3,5,7,11H,4,6,8-9H2,1H3,(H3,18,19,20)/t11-/m1/s1. The van der Waals surface area contributed by atoms with Crippen LogP contribution in [0.3, 0.4) is 0 Å². The van der Waals surface area contributed by atoms with E-state index in [2.05, 4.69) is 35.3 Å². The van der Waals surface area contributed by atoms with E-state index in [0.717, 1.165) is 19.4 Å². The number of hydrogen-bond acceptors (Lipinski definition) is 3. The third-order valence-electron chi connectivity index (χ3n) is 4.28. The minimum absolute atomic E-state index is 0.132. The third-order valence-corrected chi connectivity index (χ3v) is 4.67. The summed E-state index contributed by atoms with van der Waals surface area (Å²) in [6.07, 6.45) is 2.07. The fourth-order valence-corrected chi connectivity index (χ4v) is 3.27. The lowest BCUT2D eigenvalue weighted by molar-refractivity contribution is 0.0701. The molecule has 1 atom stereocenters. The second-order valence-electron chi connectivity index (χ2n) is 5.74. The Balaban J connectivity index is 1.80. The molecule has 0 saturated carbocycles. The lowest BCUT2D eigenvalue weighted by Gasteiger charge is -2.33. The number of nitrogens with one attached hydrogen (secondary N) is 1. The van der Waals surface area contributed by atoms with Crippen molar-refractivity contribution in [2.75, 3.05) is 18.8 Å². The molecular formula is C16H19ClN4O. The van der Waals surface area contributed by atoms with Crippen LogP contribution in [0.25, 0.3) is 0 Å². The van der Waals surface area contributed by atoms with Gasteiger partial charge in [0.05, 0.1) is 0 Å². The van der Waals surface area contributed by atoms with Crippen LogP contribution in [0.1, 0.15) is 40.4 Å². The molecule has 0 unspecified atom stereocenters. The van der Waals surface area contributed by atoms with Gasteiger partial charge in [-0.15, -0.1) is 0 Å². The first kappa shape index (κ1) is 14.9. The maximum Gasteiger partial charge on any atom is 0.273 e. The molecule has 0 aliphatic carbocycles. The number of nitrogens with two attached hydrogens (primary N) is 1. The second kappa shape index (κ2) is 6.01. The zero-order valence-corrected chi connectivity index (χ0v) is 13.2. The summed E-state index contributed by atoms with van der Waals surface area (Å²) >= 11 is 6.04. The average molecular weight is 319 g/mol. The summed E-state index contributed by atoms with van der Waals surface area (Å²) in [5, 5.41) is 6.65. The van der Waals surface area contributed by atoms with Crippen LogP contribution in [0.2, 0.25) is 5.02 Å². The number of nitrogen functional groups attached to an aromatic ring is 1. The summed E-state index contributed by atoms with van der Waals surface area (Å²) in [4.78, 5) is 14.4. The minimum Gasteiger partial charge on any atom is -0.381 e. The van der Waals surface area contributed by atoms with Gasteiger partial charge in [0.2, 0.25) is 0 Å². The molecule has 1 aromatic carbocycles. The van der Waals surface area contributed by atoms with E-state index in [4.69, 9.17) is 17.3 Å². The maximum atomic E-state index is 12.6. The van der Waals surface area contributed by atoms with E-state index in [9.17, 15) is 4.79 Å². The number of rotatable bonds is 2. The zero-order chi connectivity index (χ0) is 15.7. The highest BCUT2D eigenvalue weighted by molar-refractivity contribution is 6.35. The van der Waals surface area contributed by atoms with Crippen LogP contribution in [0.4, 0.5) is 5.82 Å². The van der Waals surface area contributed by atoms with Gasteiger partial charge in [-0.05, 0) is 30.9 Å². The molecule has 1 aliphatic heterocycles. The lowest BCUT2D eigenvalue weighted by Crippen LogP contribution is -2.39. The molecule has 3 N–H and O–H groups in total. The number of aromatic amines is 1. The number of aryl methyl sites for hydroxylation is 1. The highest BCUT2D eigenvalue weighted by Crippen LogP contribution is 2.30. The monoisotopic (exact) mass is 318 g/mol. The average Bonchev–Trinajstić information content (AvgIpc) is 2.87. The van der Waals surface area contributed by atoms with Crippen LogP contribution in [0.5, 0.6) is 0 Å². The van der Waals surface area contributed by atoms with Crippen molar-refractivity contribution >= 4 is 23.3 Å². The molecule has 116 valence electrons. The topological polar surface area (TPSA) is 75.0 Å². The second-order valence-corrected chi connectivity index (χ2v) is 6.12. The molecule has 0 radical (unpaired) electrons. The number of carbonyl (C=O) groups excluding carboxylic acids is 1. The van der Waals surface area contributed by atoms with Crippen molar-refractivity contribution in [1.29, 1.82) is 0 Å². The molecule has 5 nitrogen and oxygen atoms in total. The van der Waals surface area contributed by atoms with E-state index in [-0.39, 0.29) is 22.4 Å². The number of nitrogens with zero attached hydrogens (tertiary/aromatic N) is 2. The van der Waals surface area contributed by atoms with E-state index >= 15 is 0 Å². The number of likely N-dealkylation sites (tertiary alicyclic amines) is 1. The number of benzene rings is 1. The highest BCUT2D eigenvalue weighted by Gasteiger charge is 2.28. The summed E-state index contributed by atoms with van der Waals surface area (Å²) in [5.74, 6) is 0.392. The van der Waals surface area contributed by atoms with E-state index in [1.165, 1.54) is 11.1 Å². The Kier molecular flexibility index (Phi) is 4.07. The fourth-order valence-electron chi connectivity index (χ4n) is 3.10. The van der Waals surface area contributed by atoms with Gasteiger partial charge in [-0.25, -0.2) is 0 Å². The molecule has 1 aliphatic rings. The van der Waals surface area contributed by atoms with Crippen molar-refractivity contribution in [2.24, 2.45) is 0 Å². The SMILES string of the molecule is Cc1ccccc1[C@@H]1CCCN(C(=O)c2[nH]nc(N)c2Cl)C1. The predicted molar refractivity (Wildman–Crippen MR) is 87.1 cm³/mol. The van der Waals surface area contributed by atoms with Crippen LogP contribution in [0.15, 0.2) is 24.3 Å². The molecule has 1 saturated heterocycles. The molecule has 6 heteroatoms. The molecule has 0 spiro atoms. The van der Waals surface area contributed by atoms with Crippen LogP contribution >= 0.6 is 11.6 Å². The van der Waals surface area contributed by atoms with Gasteiger partial charge in [0.15, 0.2) is 5.82 Å². The largest absolute Gasteiger partial charge is 0.381 e. The Hall–Kier alpha value is -2.01. The number of H-pyrrole nitrogens is 1. The Labute approximate surface area is 134 Å². The summed E-state index contributed by atoms with van der Waals surface area (Å²) in [7, 11) is 0. The van der Waals surface area contributed by atoms with Gasteiger partial charge < -0.3 is 10.6 Å². The van der Waals surface area contributed by atoms with Gasteiger partial charge in [0.25, 0.3) is 5.91 Å². The number of anilines is 1. The molecule has 2 heterocycles. The Morgan fingerprint density at radius 1 is 1.45 bits per heavy atom. The van der Waals surface area contributed by atoms with E-state index in [1.807, 2.05) is 11.0 Å². The summed E-state index contributed by atoms with van der Waals surface area (Å²) in [6, 6.07) is 8.35. The zero-order valence-electron chi connectivity index (χ0n) is 12.5. The third kappa shape index (κ3) is 2.68. The molecule has 22 heavy (non-hydrogen) atoms. The molecule has 1 fully saturated rings. The number of piperidine rings is 1. The van der Waals surface area contributed by atoms with Gasteiger partial charge in [-0.1, -0.05) is 35.9 Å². The molecule has 1 amide bonds. The number of aromatic nitrogens is 2. The normalized spacial score (nSPS) is 18.5. The lowest BCUT2D eigenvalue weighted by atomic mass is 9.88. The van der Waals surface area contributed by atoms with Gasteiger partial charge in [-0.3, -0.25) is 9.89 Å². The van der Waals surface area contributed by atoms with Crippen LogP contribution in [0, 0.1) is 6.92 Å². The van der Waals surface area contributed by atoms with Gasteiger partial charge in [-0.2, -0.15) is 5.10 Å². The molecule has 1 aromatic heterocycles. The quantitative estimate of drug-likeness (QED) is 0.894. The highest BCUT2D eigenvalue weighted by atomic mass is 35.5. The Morgan fingerprint density at radius 3 is 2.91 bits per heavy atom.